The number of carbonyl (C=O) groups excluding carboxylic acids is 1. The number of urea groups is 1. The molecule has 4 aromatic rings. The summed E-state index contributed by atoms with van der Waals surface area (Å²) in [7, 11) is 0. The highest BCUT2D eigenvalue weighted by atomic mass is 16.2. The van der Waals surface area contributed by atoms with Crippen molar-refractivity contribution in [1.82, 2.24) is 34.3 Å². The van der Waals surface area contributed by atoms with Gasteiger partial charge in [0.15, 0.2) is 5.82 Å². The number of hydrogen-bond donors (Lipinski definition) is 2. The lowest BCUT2D eigenvalue weighted by Crippen LogP contribution is -2.51. The summed E-state index contributed by atoms with van der Waals surface area (Å²) < 4.78 is 3.86. The van der Waals surface area contributed by atoms with Gasteiger partial charge in [-0.1, -0.05) is 13.0 Å². The summed E-state index contributed by atoms with van der Waals surface area (Å²) in [6.07, 6.45) is 4.68. The zero-order chi connectivity index (χ0) is 23.8. The van der Waals surface area contributed by atoms with Gasteiger partial charge in [0.25, 0.3) is 0 Å². The first-order valence-corrected chi connectivity index (χ1v) is 11.7. The molecule has 1 unspecified atom stereocenters. The lowest BCUT2D eigenvalue weighted by atomic mass is 10.2. The standard InChI is InChI=1S/C23H30N10O/c1-4-15(2)33-20-19(14-25-33)27-23(31-11-9-30(10-12-31)22(24)34)28-21(20)26-16(3)18-13-17-7-5-6-8-32(17)29-18/h5-8,13-16H,4,9-12H2,1-3H3,(H2,24,34)(H,26,27,28)/t15-,16?/m0/s1. The molecule has 34 heavy (non-hydrogen) atoms. The van der Waals surface area contributed by atoms with E-state index in [9.17, 15) is 4.79 Å². The van der Waals surface area contributed by atoms with Crippen LogP contribution in [0.3, 0.4) is 0 Å². The van der Waals surface area contributed by atoms with Crippen LogP contribution in [0.2, 0.25) is 0 Å². The number of amides is 2. The van der Waals surface area contributed by atoms with Crippen LogP contribution in [-0.4, -0.2) is 66.5 Å². The van der Waals surface area contributed by atoms with Gasteiger partial charge in [-0.25, -0.2) is 14.3 Å². The minimum Gasteiger partial charge on any atom is -0.360 e. The molecule has 4 aromatic heterocycles. The Morgan fingerprint density at radius 3 is 2.68 bits per heavy atom. The van der Waals surface area contributed by atoms with Gasteiger partial charge in [-0.3, -0.25) is 4.68 Å². The number of nitrogens with two attached hydrogens (primary N) is 1. The van der Waals surface area contributed by atoms with Gasteiger partial charge in [0.1, 0.15) is 11.0 Å². The first-order chi connectivity index (χ1) is 16.4. The first-order valence-electron chi connectivity index (χ1n) is 11.7. The lowest BCUT2D eigenvalue weighted by Gasteiger charge is -2.34. The number of piperazine rings is 1. The van der Waals surface area contributed by atoms with Crippen LogP contribution in [0.25, 0.3) is 16.6 Å². The van der Waals surface area contributed by atoms with Gasteiger partial charge >= 0.3 is 6.03 Å². The van der Waals surface area contributed by atoms with Crippen LogP contribution in [0.1, 0.15) is 45.0 Å². The number of carbonyl (C=O) groups is 1. The Morgan fingerprint density at radius 2 is 1.97 bits per heavy atom. The summed E-state index contributed by atoms with van der Waals surface area (Å²) in [5.41, 5.74) is 9.06. The average molecular weight is 463 g/mol. The van der Waals surface area contributed by atoms with E-state index in [0.717, 1.165) is 34.5 Å². The van der Waals surface area contributed by atoms with Crippen molar-refractivity contribution in [3.05, 3.63) is 42.4 Å². The Balaban J connectivity index is 1.51. The van der Waals surface area contributed by atoms with Crippen molar-refractivity contribution >= 4 is 34.3 Å². The molecule has 5 heterocycles. The maximum absolute atomic E-state index is 11.5. The molecule has 2 amide bonds. The number of anilines is 2. The van der Waals surface area contributed by atoms with E-state index in [4.69, 9.17) is 20.8 Å². The molecule has 1 fully saturated rings. The fourth-order valence-electron chi connectivity index (χ4n) is 4.27. The molecule has 1 aliphatic rings. The minimum atomic E-state index is -0.394. The van der Waals surface area contributed by atoms with Gasteiger partial charge in [-0.05, 0) is 38.5 Å². The van der Waals surface area contributed by atoms with Gasteiger partial charge in [0.05, 0.1) is 23.4 Å². The van der Waals surface area contributed by atoms with Crippen molar-refractivity contribution < 1.29 is 4.79 Å². The molecule has 11 nitrogen and oxygen atoms in total. The van der Waals surface area contributed by atoms with Crippen molar-refractivity contribution in [1.29, 1.82) is 0 Å². The van der Waals surface area contributed by atoms with Crippen LogP contribution in [-0.2, 0) is 0 Å². The van der Waals surface area contributed by atoms with Crippen LogP contribution >= 0.6 is 0 Å². The highest BCUT2D eigenvalue weighted by Gasteiger charge is 2.24. The third kappa shape index (κ3) is 3.97. The summed E-state index contributed by atoms with van der Waals surface area (Å²) in [4.78, 5) is 25.0. The Labute approximate surface area is 197 Å². The predicted molar refractivity (Wildman–Crippen MR) is 131 cm³/mol. The van der Waals surface area contributed by atoms with Gasteiger partial charge < -0.3 is 20.9 Å². The van der Waals surface area contributed by atoms with Gasteiger partial charge in [-0.2, -0.15) is 15.2 Å². The number of fused-ring (bicyclic) bond motifs is 2. The van der Waals surface area contributed by atoms with Crippen molar-refractivity contribution in [2.45, 2.75) is 39.3 Å². The van der Waals surface area contributed by atoms with Crippen LogP contribution < -0.4 is 16.0 Å². The van der Waals surface area contributed by atoms with E-state index in [1.807, 2.05) is 33.6 Å². The fourth-order valence-corrected chi connectivity index (χ4v) is 4.27. The largest absolute Gasteiger partial charge is 0.360 e. The van der Waals surface area contributed by atoms with Crippen molar-refractivity contribution in [3.63, 3.8) is 0 Å². The lowest BCUT2D eigenvalue weighted by molar-refractivity contribution is 0.204. The summed E-state index contributed by atoms with van der Waals surface area (Å²) >= 11 is 0. The molecule has 11 heteroatoms. The molecule has 1 saturated heterocycles. The second kappa shape index (κ2) is 8.81. The van der Waals surface area contributed by atoms with E-state index in [2.05, 4.69) is 42.2 Å². The number of primary amides is 1. The molecule has 0 aromatic carbocycles. The molecule has 0 radical (unpaired) electrons. The molecule has 3 N–H and O–H groups in total. The molecule has 0 saturated carbocycles. The molecular weight excluding hydrogens is 432 g/mol. The zero-order valence-electron chi connectivity index (χ0n) is 19.7. The highest BCUT2D eigenvalue weighted by Crippen LogP contribution is 2.30. The van der Waals surface area contributed by atoms with E-state index in [1.54, 1.807) is 11.1 Å². The minimum absolute atomic E-state index is 0.0853. The highest BCUT2D eigenvalue weighted by molar-refractivity contribution is 5.87. The van der Waals surface area contributed by atoms with E-state index >= 15 is 0 Å². The quantitative estimate of drug-likeness (QED) is 0.452. The monoisotopic (exact) mass is 462 g/mol. The summed E-state index contributed by atoms with van der Waals surface area (Å²) in [6, 6.07) is 7.80. The summed E-state index contributed by atoms with van der Waals surface area (Å²) in [5.74, 6) is 1.34. The number of nitrogens with zero attached hydrogens (tertiary/aromatic N) is 8. The Hall–Kier alpha value is -3.89. The smallest absolute Gasteiger partial charge is 0.314 e. The molecule has 5 rings (SSSR count). The van der Waals surface area contributed by atoms with Crippen LogP contribution in [0.15, 0.2) is 36.7 Å². The topological polar surface area (TPSA) is 122 Å². The van der Waals surface area contributed by atoms with Crippen LogP contribution in [0.4, 0.5) is 16.6 Å². The molecule has 0 bridgehead atoms. The third-order valence-corrected chi connectivity index (χ3v) is 6.50. The predicted octanol–water partition coefficient (Wildman–Crippen LogP) is 2.82. The fraction of sp³-hybridized carbons (Fsp3) is 0.435. The molecule has 0 aliphatic carbocycles. The molecular formula is C23H30N10O. The third-order valence-electron chi connectivity index (χ3n) is 6.50. The van der Waals surface area contributed by atoms with Gasteiger partial charge in [-0.15, -0.1) is 0 Å². The van der Waals surface area contributed by atoms with Crippen LogP contribution in [0, 0.1) is 0 Å². The molecule has 2 atom stereocenters. The molecule has 0 spiro atoms. The maximum atomic E-state index is 11.5. The Bertz CT molecular complexity index is 1290. The first kappa shape index (κ1) is 21.9. The number of aromatic nitrogens is 6. The van der Waals surface area contributed by atoms with E-state index in [0.29, 0.717) is 32.1 Å². The maximum Gasteiger partial charge on any atom is 0.314 e. The zero-order valence-corrected chi connectivity index (χ0v) is 19.7. The molecule has 178 valence electrons. The average Bonchev–Trinajstić information content (AvgIpc) is 3.48. The second-order valence-electron chi connectivity index (χ2n) is 8.77. The van der Waals surface area contributed by atoms with Crippen molar-refractivity contribution in [2.75, 3.05) is 36.4 Å². The van der Waals surface area contributed by atoms with Gasteiger partial charge in [0.2, 0.25) is 5.95 Å². The number of pyridine rings is 1. The van der Waals surface area contributed by atoms with E-state index in [1.165, 1.54) is 0 Å². The Kier molecular flexibility index (Phi) is 5.68. The van der Waals surface area contributed by atoms with E-state index in [-0.39, 0.29) is 12.1 Å². The number of hydrogen-bond acceptors (Lipinski definition) is 7. The van der Waals surface area contributed by atoms with Crippen LogP contribution in [0.5, 0.6) is 0 Å². The second-order valence-corrected chi connectivity index (χ2v) is 8.77. The number of rotatable bonds is 6. The van der Waals surface area contributed by atoms with Crippen molar-refractivity contribution in [3.8, 4) is 0 Å². The SMILES string of the molecule is CC[C@H](C)n1ncc2nc(N3CCN(C(N)=O)CC3)nc(NC(C)c3cc4ccccn4n3)c21. The van der Waals surface area contributed by atoms with E-state index < -0.39 is 6.03 Å². The Morgan fingerprint density at radius 1 is 1.18 bits per heavy atom. The van der Waals surface area contributed by atoms with Gasteiger partial charge in [0, 0.05) is 38.4 Å². The van der Waals surface area contributed by atoms with Crippen molar-refractivity contribution in [2.24, 2.45) is 5.73 Å². The molecule has 1 aliphatic heterocycles. The summed E-state index contributed by atoms with van der Waals surface area (Å²) in [5, 5.41) is 12.9. The summed E-state index contributed by atoms with van der Waals surface area (Å²) in [6.45, 7) is 8.68. The number of nitrogens with one attached hydrogen (secondary N) is 1. The normalized spacial score (nSPS) is 16.2.